The Morgan fingerprint density at radius 2 is 1.93 bits per heavy atom. The predicted molar refractivity (Wildman–Crippen MR) is 119 cm³/mol. The van der Waals surface area contributed by atoms with Crippen molar-refractivity contribution in [2.75, 3.05) is 12.4 Å². The summed E-state index contributed by atoms with van der Waals surface area (Å²) in [6.07, 6.45) is 4.66. The molecule has 156 valence electrons. The number of fused-ring (bicyclic) bond motifs is 1. The molecule has 1 amide bonds. The molecule has 1 aliphatic carbocycles. The van der Waals surface area contributed by atoms with Crippen molar-refractivity contribution in [3.63, 3.8) is 0 Å². The normalized spacial score (nSPS) is 15.5. The monoisotopic (exact) mass is 404 g/mol. The molecule has 0 spiro atoms. The Hall–Kier alpha value is -3.28. The number of para-hydroxylation sites is 1. The predicted octanol–water partition coefficient (Wildman–Crippen LogP) is 4.50. The van der Waals surface area contributed by atoms with Crippen molar-refractivity contribution in [1.29, 1.82) is 0 Å². The number of hydrogen-bond donors (Lipinski definition) is 2. The Morgan fingerprint density at radius 3 is 2.67 bits per heavy atom. The number of amides is 1. The number of carbonyl (C=O) groups excluding carboxylic acids is 1. The van der Waals surface area contributed by atoms with E-state index in [0.717, 1.165) is 36.4 Å². The van der Waals surface area contributed by atoms with Gasteiger partial charge in [0.2, 0.25) is 0 Å². The van der Waals surface area contributed by atoms with Crippen LogP contribution in [-0.4, -0.2) is 28.8 Å². The zero-order valence-corrected chi connectivity index (χ0v) is 17.7. The van der Waals surface area contributed by atoms with Crippen molar-refractivity contribution >= 4 is 17.3 Å². The Kier molecular flexibility index (Phi) is 5.74. The van der Waals surface area contributed by atoms with Crippen LogP contribution in [0.1, 0.15) is 47.9 Å². The first-order valence-electron chi connectivity index (χ1n) is 10.4. The first-order valence-corrected chi connectivity index (χ1v) is 10.4. The number of benzene rings is 2. The van der Waals surface area contributed by atoms with Gasteiger partial charge in [-0.1, -0.05) is 12.1 Å². The van der Waals surface area contributed by atoms with Gasteiger partial charge in [-0.05, 0) is 68.7 Å². The van der Waals surface area contributed by atoms with Gasteiger partial charge in [0.05, 0.1) is 24.6 Å². The number of hydrogen-bond acceptors (Lipinski definition) is 4. The minimum atomic E-state index is -0.0596. The number of ether oxygens (including phenoxy) is 1. The standard InChI is InChI=1S/C24H28N4O2/c1-16(2)28-23-14-19(9-8-17(23)15-25-28)27-24(29)21-6-4-5-7-22(21)26-18-10-12-20(30-3)13-11-18/h4-7,10-13,15-16,19,26H,8-9,14H2,1-3H3,(H,27,29)/t19-/m0/s1. The SMILES string of the molecule is COc1ccc(Nc2ccccc2C(=O)N[C@H]2CCc3cnn(C(C)C)c3C2)cc1. The van der Waals surface area contributed by atoms with Gasteiger partial charge in [-0.15, -0.1) is 0 Å². The topological polar surface area (TPSA) is 68.2 Å². The molecule has 1 aromatic heterocycles. The maximum atomic E-state index is 13.1. The average molecular weight is 405 g/mol. The Morgan fingerprint density at radius 1 is 1.17 bits per heavy atom. The molecule has 0 fully saturated rings. The van der Waals surface area contributed by atoms with Crippen LogP contribution in [0.5, 0.6) is 5.75 Å². The molecule has 6 nitrogen and oxygen atoms in total. The quantitative estimate of drug-likeness (QED) is 0.635. The van der Waals surface area contributed by atoms with Crippen LogP contribution in [0, 0.1) is 0 Å². The fraction of sp³-hybridized carbons (Fsp3) is 0.333. The number of methoxy groups -OCH3 is 1. The highest BCUT2D eigenvalue weighted by Crippen LogP contribution is 2.26. The lowest BCUT2D eigenvalue weighted by Gasteiger charge is -2.25. The van der Waals surface area contributed by atoms with E-state index >= 15 is 0 Å². The first kappa shape index (κ1) is 20.0. The molecule has 30 heavy (non-hydrogen) atoms. The molecule has 0 unspecified atom stereocenters. The van der Waals surface area contributed by atoms with Crippen LogP contribution in [0.4, 0.5) is 11.4 Å². The van der Waals surface area contributed by atoms with Gasteiger partial charge in [0, 0.05) is 29.9 Å². The molecule has 0 radical (unpaired) electrons. The highest BCUT2D eigenvalue weighted by atomic mass is 16.5. The molecule has 1 aliphatic rings. The summed E-state index contributed by atoms with van der Waals surface area (Å²) in [6.45, 7) is 4.27. The van der Waals surface area contributed by atoms with Crippen molar-refractivity contribution in [3.05, 3.63) is 71.5 Å². The smallest absolute Gasteiger partial charge is 0.253 e. The molecule has 0 saturated heterocycles. The summed E-state index contributed by atoms with van der Waals surface area (Å²) < 4.78 is 7.29. The fourth-order valence-corrected chi connectivity index (χ4v) is 3.97. The molecule has 1 heterocycles. The second-order valence-corrected chi connectivity index (χ2v) is 7.97. The summed E-state index contributed by atoms with van der Waals surface area (Å²) in [5.41, 5.74) is 4.86. The third kappa shape index (κ3) is 4.17. The van der Waals surface area contributed by atoms with E-state index < -0.39 is 0 Å². The van der Waals surface area contributed by atoms with Gasteiger partial charge < -0.3 is 15.4 Å². The molecule has 2 N–H and O–H groups in total. The number of nitrogens with one attached hydrogen (secondary N) is 2. The highest BCUT2D eigenvalue weighted by Gasteiger charge is 2.25. The van der Waals surface area contributed by atoms with E-state index in [0.29, 0.717) is 11.6 Å². The summed E-state index contributed by atoms with van der Waals surface area (Å²) >= 11 is 0. The number of aromatic nitrogens is 2. The third-order valence-corrected chi connectivity index (χ3v) is 5.55. The maximum absolute atomic E-state index is 13.1. The second kappa shape index (κ2) is 8.61. The maximum Gasteiger partial charge on any atom is 0.253 e. The van der Waals surface area contributed by atoms with E-state index in [-0.39, 0.29) is 11.9 Å². The molecule has 0 saturated carbocycles. The van der Waals surface area contributed by atoms with Crippen LogP contribution in [0.3, 0.4) is 0 Å². The molecule has 0 bridgehead atoms. The molecular weight excluding hydrogens is 376 g/mol. The van der Waals surface area contributed by atoms with Gasteiger partial charge in [-0.25, -0.2) is 0 Å². The van der Waals surface area contributed by atoms with Gasteiger partial charge >= 0.3 is 0 Å². The number of rotatable bonds is 6. The summed E-state index contributed by atoms with van der Waals surface area (Å²) in [7, 11) is 1.64. The van der Waals surface area contributed by atoms with Gasteiger partial charge in [-0.2, -0.15) is 5.10 Å². The Labute approximate surface area is 177 Å². The molecule has 6 heteroatoms. The van der Waals surface area contributed by atoms with Crippen molar-refractivity contribution in [1.82, 2.24) is 15.1 Å². The summed E-state index contributed by atoms with van der Waals surface area (Å²) in [4.78, 5) is 13.1. The number of carbonyl (C=O) groups is 1. The number of aryl methyl sites for hydroxylation is 1. The number of nitrogens with zero attached hydrogens (tertiary/aromatic N) is 2. The summed E-state index contributed by atoms with van der Waals surface area (Å²) in [5.74, 6) is 0.736. The van der Waals surface area contributed by atoms with Crippen LogP contribution in [0.25, 0.3) is 0 Å². The van der Waals surface area contributed by atoms with Crippen LogP contribution >= 0.6 is 0 Å². The molecule has 2 aromatic carbocycles. The lowest BCUT2D eigenvalue weighted by atomic mass is 9.93. The molecule has 3 aromatic rings. The van der Waals surface area contributed by atoms with E-state index in [1.807, 2.05) is 54.7 Å². The Balaban J connectivity index is 1.48. The van der Waals surface area contributed by atoms with Gasteiger partial charge in [0.1, 0.15) is 5.75 Å². The van der Waals surface area contributed by atoms with Crippen LogP contribution in [0.2, 0.25) is 0 Å². The van der Waals surface area contributed by atoms with Gasteiger partial charge in [-0.3, -0.25) is 9.48 Å². The molecule has 4 rings (SSSR count). The lowest BCUT2D eigenvalue weighted by Crippen LogP contribution is -2.39. The van der Waals surface area contributed by atoms with E-state index in [9.17, 15) is 4.79 Å². The minimum Gasteiger partial charge on any atom is -0.497 e. The second-order valence-electron chi connectivity index (χ2n) is 7.97. The van der Waals surface area contributed by atoms with Crippen LogP contribution in [-0.2, 0) is 12.8 Å². The van der Waals surface area contributed by atoms with Gasteiger partial charge in [0.15, 0.2) is 0 Å². The van der Waals surface area contributed by atoms with E-state index in [1.165, 1.54) is 11.3 Å². The minimum absolute atomic E-state index is 0.0596. The molecule has 0 aliphatic heterocycles. The van der Waals surface area contributed by atoms with E-state index in [4.69, 9.17) is 4.74 Å². The van der Waals surface area contributed by atoms with Crippen molar-refractivity contribution in [2.45, 2.75) is 45.2 Å². The van der Waals surface area contributed by atoms with Crippen LogP contribution in [0.15, 0.2) is 54.7 Å². The highest BCUT2D eigenvalue weighted by molar-refractivity contribution is 6.00. The molecule has 1 atom stereocenters. The van der Waals surface area contributed by atoms with Crippen molar-refractivity contribution in [2.24, 2.45) is 0 Å². The fourth-order valence-electron chi connectivity index (χ4n) is 3.97. The largest absolute Gasteiger partial charge is 0.497 e. The summed E-state index contributed by atoms with van der Waals surface area (Å²) in [6, 6.07) is 15.7. The molecular formula is C24H28N4O2. The first-order chi connectivity index (χ1) is 14.5. The summed E-state index contributed by atoms with van der Waals surface area (Å²) in [5, 5.41) is 11.1. The number of anilines is 2. The van der Waals surface area contributed by atoms with Gasteiger partial charge in [0.25, 0.3) is 5.91 Å². The van der Waals surface area contributed by atoms with E-state index in [2.05, 4.69) is 34.3 Å². The zero-order chi connectivity index (χ0) is 21.1. The lowest BCUT2D eigenvalue weighted by molar-refractivity contribution is 0.0934. The van der Waals surface area contributed by atoms with Crippen molar-refractivity contribution < 1.29 is 9.53 Å². The zero-order valence-electron chi connectivity index (χ0n) is 17.7. The average Bonchev–Trinajstić information content (AvgIpc) is 3.18. The van der Waals surface area contributed by atoms with E-state index in [1.54, 1.807) is 7.11 Å². The van der Waals surface area contributed by atoms with Crippen LogP contribution < -0.4 is 15.4 Å². The Bertz CT molecular complexity index is 1020. The third-order valence-electron chi connectivity index (χ3n) is 5.55. The van der Waals surface area contributed by atoms with Crippen molar-refractivity contribution in [3.8, 4) is 5.75 Å².